The summed E-state index contributed by atoms with van der Waals surface area (Å²) in [6.07, 6.45) is 3.08. The maximum Gasteiger partial charge on any atom is 0.333 e. The topological polar surface area (TPSA) is 52.6 Å². The van der Waals surface area contributed by atoms with E-state index >= 15 is 0 Å². The summed E-state index contributed by atoms with van der Waals surface area (Å²) in [6, 6.07) is 0. The molecule has 0 fully saturated rings. The molecule has 0 aromatic rings. The van der Waals surface area contributed by atoms with Gasteiger partial charge in [-0.25, -0.2) is 13.2 Å². The van der Waals surface area contributed by atoms with Crippen LogP contribution >= 0.6 is 24.7 Å². The average Bonchev–Trinajstić information content (AvgIpc) is 1.86. The van der Waals surface area contributed by atoms with Crippen molar-refractivity contribution in [2.45, 2.75) is 0 Å². The molecule has 0 saturated heterocycles. The summed E-state index contributed by atoms with van der Waals surface area (Å²) in [5.41, 5.74) is 0. The first-order valence-corrected chi connectivity index (χ1v) is 5.42. The Balaban J connectivity index is 3.81. The van der Waals surface area contributed by atoms with Gasteiger partial charge in [-0.15, -0.1) is 0 Å². The van der Waals surface area contributed by atoms with Gasteiger partial charge in [-0.05, 0) is 12.1 Å². The average molecular weight is 198 g/mol. The van der Waals surface area contributed by atoms with Crippen LogP contribution in [-0.4, -0.2) is 6.30 Å². The molecule has 0 aromatic carbocycles. The molecule has 0 amide bonds. The third-order valence-corrected chi connectivity index (χ3v) is 3.02. The van der Waals surface area contributed by atoms with Crippen LogP contribution in [0.4, 0.5) is 0 Å². The SMILES string of the molecule is C=CP(OP=O)OP(=C)=O. The monoisotopic (exact) mass is 198 g/mol. The fourth-order valence-corrected chi connectivity index (χ4v) is 2.11. The van der Waals surface area contributed by atoms with E-state index in [-0.39, 0.29) is 0 Å². The van der Waals surface area contributed by atoms with Crippen molar-refractivity contribution >= 4 is 31.0 Å². The summed E-state index contributed by atoms with van der Waals surface area (Å²) in [5.74, 6) is 1.29. The van der Waals surface area contributed by atoms with E-state index in [0.717, 1.165) is 0 Å². The van der Waals surface area contributed by atoms with E-state index in [0.29, 0.717) is 0 Å². The second kappa shape index (κ2) is 5.91. The van der Waals surface area contributed by atoms with Crippen molar-refractivity contribution in [3.63, 3.8) is 0 Å². The first-order chi connectivity index (χ1) is 4.70. The molecular formula is C3H5O4P3. The first-order valence-electron chi connectivity index (χ1n) is 2.08. The van der Waals surface area contributed by atoms with Gasteiger partial charge in [0, 0.05) is 0 Å². The molecular weight excluding hydrogens is 193 g/mol. The fourth-order valence-electron chi connectivity index (χ4n) is 0.204. The zero-order valence-corrected chi connectivity index (χ0v) is 7.65. The number of rotatable bonds is 5. The summed E-state index contributed by atoms with van der Waals surface area (Å²) < 4.78 is 29.1. The lowest BCUT2D eigenvalue weighted by Gasteiger charge is -2.00. The van der Waals surface area contributed by atoms with E-state index < -0.39 is 24.7 Å². The van der Waals surface area contributed by atoms with Crippen LogP contribution in [-0.2, 0) is 17.8 Å². The molecule has 0 bridgehead atoms. The Hall–Kier alpha value is 0.160. The normalized spacial score (nSPS) is 14.6. The van der Waals surface area contributed by atoms with Gasteiger partial charge in [-0.2, -0.15) is 0 Å². The van der Waals surface area contributed by atoms with Crippen LogP contribution in [0.3, 0.4) is 0 Å². The maximum absolute atomic E-state index is 10.3. The maximum atomic E-state index is 10.3. The summed E-state index contributed by atoms with van der Waals surface area (Å²) in [4.78, 5) is 0. The van der Waals surface area contributed by atoms with Crippen molar-refractivity contribution in [1.82, 2.24) is 0 Å². The van der Waals surface area contributed by atoms with Gasteiger partial charge in [0.05, 0.1) is 0 Å². The zero-order valence-electron chi connectivity index (χ0n) is 4.97. The lowest BCUT2D eigenvalue weighted by atomic mass is 11.3. The quantitative estimate of drug-likeness (QED) is 0.637. The van der Waals surface area contributed by atoms with Crippen LogP contribution < -0.4 is 0 Å². The van der Waals surface area contributed by atoms with Gasteiger partial charge < -0.3 is 0 Å². The van der Waals surface area contributed by atoms with E-state index in [9.17, 15) is 9.13 Å². The van der Waals surface area contributed by atoms with Crippen LogP contribution in [0.2, 0.25) is 0 Å². The minimum Gasteiger partial charge on any atom is -0.251 e. The van der Waals surface area contributed by atoms with Gasteiger partial charge >= 0.3 is 8.69 Å². The second-order valence-corrected chi connectivity index (χ2v) is 4.10. The van der Waals surface area contributed by atoms with E-state index in [1.165, 1.54) is 5.82 Å². The lowest BCUT2D eigenvalue weighted by Crippen LogP contribution is -1.65. The minimum atomic E-state index is -1.97. The van der Waals surface area contributed by atoms with Gasteiger partial charge in [-0.3, -0.25) is 4.57 Å². The fraction of sp³-hybridized carbons (Fsp3) is 0. The Labute approximate surface area is 61.9 Å². The highest BCUT2D eigenvalue weighted by molar-refractivity contribution is 7.62. The highest BCUT2D eigenvalue weighted by Crippen LogP contribution is 2.47. The minimum absolute atomic E-state index is 0.513. The molecule has 0 rings (SSSR count). The molecule has 0 heterocycles. The van der Waals surface area contributed by atoms with E-state index in [2.05, 4.69) is 21.5 Å². The molecule has 0 aromatic heterocycles. The first kappa shape index (κ1) is 10.2. The van der Waals surface area contributed by atoms with Crippen LogP contribution in [0.5, 0.6) is 0 Å². The summed E-state index contributed by atoms with van der Waals surface area (Å²) in [7, 11) is -3.99. The van der Waals surface area contributed by atoms with Gasteiger partial charge in [0.2, 0.25) is 16.0 Å². The number of hydrogen-bond acceptors (Lipinski definition) is 4. The highest BCUT2D eigenvalue weighted by atomic mass is 31.2. The predicted molar refractivity (Wildman–Crippen MR) is 41.6 cm³/mol. The van der Waals surface area contributed by atoms with Gasteiger partial charge in [-0.1, -0.05) is 6.58 Å². The highest BCUT2D eigenvalue weighted by Gasteiger charge is 2.05. The van der Waals surface area contributed by atoms with E-state index in [1.54, 1.807) is 0 Å². The Bertz CT molecular complexity index is 178. The second-order valence-electron chi connectivity index (χ2n) is 1.04. The van der Waals surface area contributed by atoms with Crippen molar-refractivity contribution in [3.05, 3.63) is 12.4 Å². The van der Waals surface area contributed by atoms with Crippen molar-refractivity contribution in [3.8, 4) is 0 Å². The molecule has 0 aliphatic carbocycles. The van der Waals surface area contributed by atoms with Gasteiger partial charge in [0.15, 0.2) is 0 Å². The van der Waals surface area contributed by atoms with Crippen molar-refractivity contribution in [2.24, 2.45) is 0 Å². The molecule has 2 unspecified atom stereocenters. The Morgan fingerprint density at radius 3 is 2.50 bits per heavy atom. The molecule has 0 N–H and O–H groups in total. The Kier molecular flexibility index (Phi) is 6.00. The van der Waals surface area contributed by atoms with E-state index in [4.69, 9.17) is 0 Å². The molecule has 2 atom stereocenters. The molecule has 0 radical (unpaired) electrons. The third-order valence-electron chi connectivity index (χ3n) is 0.434. The molecule has 0 aliphatic heterocycles. The Morgan fingerprint density at radius 1 is 1.60 bits per heavy atom. The molecule has 10 heavy (non-hydrogen) atoms. The molecule has 0 aliphatic rings. The summed E-state index contributed by atoms with van der Waals surface area (Å²) >= 11 is 0. The van der Waals surface area contributed by atoms with Crippen LogP contribution in [0.25, 0.3) is 0 Å². The predicted octanol–water partition coefficient (Wildman–Crippen LogP) is 2.86. The van der Waals surface area contributed by atoms with Gasteiger partial charge in [0.1, 0.15) is 0 Å². The largest absolute Gasteiger partial charge is 0.333 e. The molecule has 0 spiro atoms. The molecule has 0 saturated carbocycles. The van der Waals surface area contributed by atoms with Crippen LogP contribution in [0.15, 0.2) is 12.4 Å². The van der Waals surface area contributed by atoms with Crippen molar-refractivity contribution < 1.29 is 17.8 Å². The summed E-state index contributed by atoms with van der Waals surface area (Å²) in [5, 5.41) is 0. The van der Waals surface area contributed by atoms with Crippen LogP contribution in [0, 0.1) is 0 Å². The van der Waals surface area contributed by atoms with Gasteiger partial charge in [0.25, 0.3) is 0 Å². The van der Waals surface area contributed by atoms with Crippen molar-refractivity contribution in [2.75, 3.05) is 0 Å². The Morgan fingerprint density at radius 2 is 2.20 bits per heavy atom. The van der Waals surface area contributed by atoms with E-state index in [1.807, 2.05) is 0 Å². The number of hydrogen-bond donors (Lipinski definition) is 0. The molecule has 4 nitrogen and oxygen atoms in total. The molecule has 56 valence electrons. The van der Waals surface area contributed by atoms with Crippen LogP contribution in [0.1, 0.15) is 0 Å². The molecule has 7 heteroatoms. The smallest absolute Gasteiger partial charge is 0.251 e. The third kappa shape index (κ3) is 4.99. The zero-order chi connectivity index (χ0) is 7.98. The van der Waals surface area contributed by atoms with Crippen molar-refractivity contribution in [1.29, 1.82) is 0 Å². The summed E-state index contributed by atoms with van der Waals surface area (Å²) in [6.45, 7) is 3.31. The standard InChI is InChI=1S/C3H5O4P3/c1-3-10(6-8-4)7-9(2)5/h3H,1-2H2. The lowest BCUT2D eigenvalue weighted by molar-refractivity contribution is 0.495.